The molecule has 0 spiro atoms. The number of aliphatic hydroxyl groups excluding tert-OH is 2. The van der Waals surface area contributed by atoms with Gasteiger partial charge in [-0.15, -0.1) is 23.7 Å². The summed E-state index contributed by atoms with van der Waals surface area (Å²) >= 11 is 1.17. The van der Waals surface area contributed by atoms with Crippen molar-refractivity contribution < 1.29 is 15.0 Å². The van der Waals surface area contributed by atoms with Crippen molar-refractivity contribution in [2.75, 3.05) is 24.1 Å². The molecule has 0 radical (unpaired) electrons. The lowest BCUT2D eigenvalue weighted by atomic mass is 10.1. The molecule has 3 aromatic rings. The van der Waals surface area contributed by atoms with Crippen molar-refractivity contribution in [2.24, 2.45) is 0 Å². The molecule has 0 bridgehead atoms. The number of aromatic nitrogens is 1. The van der Waals surface area contributed by atoms with Crippen LogP contribution in [0, 0.1) is 0 Å². The van der Waals surface area contributed by atoms with Crippen LogP contribution >= 0.6 is 23.7 Å². The zero-order valence-electron chi connectivity index (χ0n) is 16.2. The maximum atomic E-state index is 12.1. The molecule has 0 saturated carbocycles. The molecule has 0 aliphatic heterocycles. The molecule has 3 rings (SSSR count). The van der Waals surface area contributed by atoms with Crippen LogP contribution in [0.3, 0.4) is 0 Å². The van der Waals surface area contributed by atoms with Crippen molar-refractivity contribution in [1.82, 2.24) is 10.3 Å². The molecule has 0 aliphatic rings. The van der Waals surface area contributed by atoms with Crippen molar-refractivity contribution in [1.29, 1.82) is 0 Å². The van der Waals surface area contributed by atoms with Crippen LogP contribution in [-0.4, -0.2) is 34.2 Å². The summed E-state index contributed by atoms with van der Waals surface area (Å²) < 4.78 is 0. The molecule has 9 heteroatoms. The van der Waals surface area contributed by atoms with Crippen LogP contribution in [0.1, 0.15) is 29.0 Å². The lowest BCUT2D eigenvalue weighted by molar-refractivity contribution is -0.124. The topological polar surface area (TPSA) is 121 Å². The second-order valence-electron chi connectivity index (χ2n) is 6.58. The largest absolute Gasteiger partial charge is 0.387 e. The summed E-state index contributed by atoms with van der Waals surface area (Å²) in [6.45, 7) is 1.21. The van der Waals surface area contributed by atoms with Gasteiger partial charge in [-0.25, -0.2) is 4.98 Å². The number of carbonyl (C=O) groups is 1. The van der Waals surface area contributed by atoms with Crippen molar-refractivity contribution in [2.45, 2.75) is 18.6 Å². The number of nitrogens with two attached hydrogens (primary N) is 1. The van der Waals surface area contributed by atoms with E-state index in [0.717, 1.165) is 24.1 Å². The zero-order valence-corrected chi connectivity index (χ0v) is 17.8. The summed E-state index contributed by atoms with van der Waals surface area (Å²) in [6, 6.07) is 16.9. The van der Waals surface area contributed by atoms with E-state index in [-0.39, 0.29) is 18.1 Å². The Hall–Kier alpha value is -2.49. The van der Waals surface area contributed by atoms with E-state index in [1.807, 2.05) is 42.5 Å². The quantitative estimate of drug-likeness (QED) is 0.321. The number of halogens is 1. The third-order valence-corrected chi connectivity index (χ3v) is 5.09. The van der Waals surface area contributed by atoms with Gasteiger partial charge in [-0.05, 0) is 36.2 Å². The first-order chi connectivity index (χ1) is 14.0. The van der Waals surface area contributed by atoms with Crippen molar-refractivity contribution in [3.8, 4) is 0 Å². The number of nitrogen functional groups attached to an aromatic ring is 1. The summed E-state index contributed by atoms with van der Waals surface area (Å²) in [7, 11) is 0. The molecule has 1 amide bonds. The second kappa shape index (κ2) is 11.6. The lowest BCUT2D eigenvalue weighted by Crippen LogP contribution is -2.23. The highest BCUT2D eigenvalue weighted by Crippen LogP contribution is 2.20. The van der Waals surface area contributed by atoms with E-state index in [1.165, 1.54) is 11.3 Å². The van der Waals surface area contributed by atoms with E-state index in [0.29, 0.717) is 17.4 Å². The maximum absolute atomic E-state index is 12.1. The van der Waals surface area contributed by atoms with Gasteiger partial charge in [-0.3, -0.25) is 4.79 Å². The van der Waals surface area contributed by atoms with E-state index in [2.05, 4.69) is 15.6 Å². The highest BCUT2D eigenvalue weighted by molar-refractivity contribution is 7.13. The Labute approximate surface area is 185 Å². The Morgan fingerprint density at radius 1 is 1.10 bits per heavy atom. The first-order valence-corrected chi connectivity index (χ1v) is 10.1. The van der Waals surface area contributed by atoms with Gasteiger partial charge in [0.15, 0.2) is 11.2 Å². The summed E-state index contributed by atoms with van der Waals surface area (Å²) in [6.07, 6.45) is -1.10. The van der Waals surface area contributed by atoms with E-state index < -0.39 is 18.1 Å². The lowest BCUT2D eigenvalue weighted by Gasteiger charge is -2.12. The molecule has 2 atom stereocenters. The highest BCUT2D eigenvalue weighted by atomic mass is 35.5. The molecule has 0 aliphatic carbocycles. The van der Waals surface area contributed by atoms with Gasteiger partial charge in [0.05, 0.1) is 11.8 Å². The number of amides is 1. The summed E-state index contributed by atoms with van der Waals surface area (Å²) in [4.78, 5) is 16.0. The van der Waals surface area contributed by atoms with Crippen LogP contribution < -0.4 is 16.4 Å². The van der Waals surface area contributed by atoms with E-state index >= 15 is 0 Å². The molecule has 160 valence electrons. The monoisotopic (exact) mass is 448 g/mol. The fraction of sp³-hybridized carbons (Fsp3) is 0.238. The summed E-state index contributed by atoms with van der Waals surface area (Å²) in [5, 5.41) is 27.9. The minimum absolute atomic E-state index is 0. The van der Waals surface area contributed by atoms with Crippen LogP contribution in [0.15, 0.2) is 60.0 Å². The average Bonchev–Trinajstić information content (AvgIpc) is 3.18. The second-order valence-corrected chi connectivity index (χ2v) is 7.47. The molecule has 30 heavy (non-hydrogen) atoms. The number of anilines is 2. The molecule has 1 heterocycles. The fourth-order valence-electron chi connectivity index (χ4n) is 2.79. The Morgan fingerprint density at radius 2 is 1.80 bits per heavy atom. The van der Waals surface area contributed by atoms with Gasteiger partial charge in [0.1, 0.15) is 0 Å². The Morgan fingerprint density at radius 3 is 2.43 bits per heavy atom. The SMILES string of the molecule is Cl.Nc1nc([C@@H](O)C(=O)Nc2ccc(CCNC[C@H](O)c3ccccc3)cc2)cs1. The number of aliphatic hydroxyl groups is 2. The van der Waals surface area contributed by atoms with Gasteiger partial charge in [0, 0.05) is 17.6 Å². The Bertz CT molecular complexity index is 922. The average molecular weight is 449 g/mol. The van der Waals surface area contributed by atoms with Gasteiger partial charge in [-0.2, -0.15) is 0 Å². The van der Waals surface area contributed by atoms with E-state index in [1.54, 1.807) is 17.5 Å². The molecule has 0 saturated heterocycles. The minimum atomic E-state index is -1.36. The third-order valence-electron chi connectivity index (χ3n) is 4.40. The summed E-state index contributed by atoms with van der Waals surface area (Å²) in [5.74, 6) is -0.556. The number of hydrogen-bond acceptors (Lipinski definition) is 7. The standard InChI is InChI=1S/C21H24N4O3S.ClH/c22-21-25-17(13-29-21)19(27)20(28)24-16-8-6-14(7-9-16)10-11-23-12-18(26)15-4-2-1-3-5-15;/h1-9,13,18-19,23,26-27H,10-12H2,(H2,22,25)(H,24,28);1H/t18-,19+;/m0./s1. The Kier molecular flexibility index (Phi) is 9.22. The van der Waals surface area contributed by atoms with Gasteiger partial charge in [-0.1, -0.05) is 42.5 Å². The van der Waals surface area contributed by atoms with Crippen molar-refractivity contribution in [3.05, 3.63) is 76.8 Å². The molecule has 2 aromatic carbocycles. The molecular weight excluding hydrogens is 424 g/mol. The van der Waals surface area contributed by atoms with Crippen LogP contribution in [0.4, 0.5) is 10.8 Å². The molecular formula is C21H25ClN4O3S. The molecule has 0 unspecified atom stereocenters. The van der Waals surface area contributed by atoms with Gasteiger partial charge >= 0.3 is 0 Å². The minimum Gasteiger partial charge on any atom is -0.387 e. The zero-order chi connectivity index (χ0) is 20.6. The number of rotatable bonds is 9. The van der Waals surface area contributed by atoms with E-state index in [9.17, 15) is 15.0 Å². The van der Waals surface area contributed by atoms with Crippen LogP contribution in [0.25, 0.3) is 0 Å². The Balaban J connectivity index is 0.00000320. The molecule has 0 fully saturated rings. The smallest absolute Gasteiger partial charge is 0.259 e. The van der Waals surface area contributed by atoms with Crippen LogP contribution in [0.2, 0.25) is 0 Å². The number of nitrogens with one attached hydrogen (secondary N) is 2. The summed E-state index contributed by atoms with van der Waals surface area (Å²) in [5.41, 5.74) is 8.35. The number of benzene rings is 2. The molecule has 1 aromatic heterocycles. The first-order valence-electron chi connectivity index (χ1n) is 9.25. The third kappa shape index (κ3) is 6.79. The number of hydrogen-bond donors (Lipinski definition) is 5. The normalized spacial score (nSPS) is 12.6. The molecule has 7 nitrogen and oxygen atoms in total. The predicted molar refractivity (Wildman–Crippen MR) is 122 cm³/mol. The maximum Gasteiger partial charge on any atom is 0.259 e. The van der Waals surface area contributed by atoms with Gasteiger partial charge in [0.2, 0.25) is 0 Å². The van der Waals surface area contributed by atoms with Crippen molar-refractivity contribution >= 4 is 40.5 Å². The number of carbonyl (C=O) groups excluding carboxylic acids is 1. The number of nitrogens with zero attached hydrogens (tertiary/aromatic N) is 1. The van der Waals surface area contributed by atoms with Crippen LogP contribution in [-0.2, 0) is 11.2 Å². The number of thiazole rings is 1. The van der Waals surface area contributed by atoms with Crippen LogP contribution in [0.5, 0.6) is 0 Å². The fourth-order valence-corrected chi connectivity index (χ4v) is 3.37. The highest BCUT2D eigenvalue weighted by Gasteiger charge is 2.20. The first kappa shape index (κ1) is 23.8. The molecule has 6 N–H and O–H groups in total. The van der Waals surface area contributed by atoms with E-state index in [4.69, 9.17) is 5.73 Å². The van der Waals surface area contributed by atoms with Gasteiger partial charge in [0.25, 0.3) is 5.91 Å². The van der Waals surface area contributed by atoms with Crippen molar-refractivity contribution in [3.63, 3.8) is 0 Å². The predicted octanol–water partition coefficient (Wildman–Crippen LogP) is 2.68. The van der Waals surface area contributed by atoms with Gasteiger partial charge < -0.3 is 26.6 Å².